The first-order valence-electron chi connectivity index (χ1n) is 7.93. The van der Waals surface area contributed by atoms with Crippen molar-refractivity contribution >= 4 is 11.9 Å². The average molecular weight is 299 g/mol. The molecule has 1 rings (SSSR count). The van der Waals surface area contributed by atoms with Crippen LogP contribution in [0.4, 0.5) is 0 Å². The summed E-state index contributed by atoms with van der Waals surface area (Å²) in [6, 6.07) is 0. The third-order valence-electron chi connectivity index (χ3n) is 3.25. The molecule has 0 aromatic rings. The van der Waals surface area contributed by atoms with Gasteiger partial charge in [-0.25, -0.2) is 0 Å². The molecule has 1 atom stereocenters. The van der Waals surface area contributed by atoms with Gasteiger partial charge in [-0.2, -0.15) is 0 Å². The summed E-state index contributed by atoms with van der Waals surface area (Å²) >= 11 is 0. The van der Waals surface area contributed by atoms with Crippen molar-refractivity contribution < 1.29 is 19.1 Å². The minimum absolute atomic E-state index is 0.0191. The second-order valence-corrected chi connectivity index (χ2v) is 6.56. The maximum absolute atomic E-state index is 12.2. The highest BCUT2D eigenvalue weighted by atomic mass is 16.6. The number of amides is 1. The Bertz CT molecular complexity index is 349. The lowest BCUT2D eigenvalue weighted by Crippen LogP contribution is -2.43. The highest BCUT2D eigenvalue weighted by Gasteiger charge is 2.25. The molecule has 1 unspecified atom stereocenters. The van der Waals surface area contributed by atoms with E-state index in [1.54, 1.807) is 0 Å². The number of rotatable bonds is 6. The molecule has 0 saturated carbocycles. The van der Waals surface area contributed by atoms with Gasteiger partial charge in [0, 0.05) is 26.1 Å². The molecule has 1 saturated heterocycles. The summed E-state index contributed by atoms with van der Waals surface area (Å²) in [7, 11) is 0. The normalized spacial score (nSPS) is 19.4. The van der Waals surface area contributed by atoms with Crippen LogP contribution >= 0.6 is 0 Å². The fraction of sp³-hybridized carbons (Fsp3) is 0.875. The molecule has 1 heterocycles. The van der Waals surface area contributed by atoms with E-state index in [4.69, 9.17) is 9.47 Å². The predicted molar refractivity (Wildman–Crippen MR) is 80.9 cm³/mol. The Morgan fingerprint density at radius 2 is 1.95 bits per heavy atom. The monoisotopic (exact) mass is 299 g/mol. The summed E-state index contributed by atoms with van der Waals surface area (Å²) < 4.78 is 10.9. The van der Waals surface area contributed by atoms with E-state index in [2.05, 4.69) is 6.92 Å². The van der Waals surface area contributed by atoms with E-state index in [9.17, 15) is 9.59 Å². The minimum Gasteiger partial charge on any atom is -0.460 e. The highest BCUT2D eigenvalue weighted by molar-refractivity contribution is 5.81. The van der Waals surface area contributed by atoms with Gasteiger partial charge in [0.15, 0.2) is 0 Å². The van der Waals surface area contributed by atoms with Gasteiger partial charge < -0.3 is 14.4 Å². The molecule has 0 radical (unpaired) electrons. The van der Waals surface area contributed by atoms with Crippen LogP contribution in [0.3, 0.4) is 0 Å². The van der Waals surface area contributed by atoms with E-state index in [0.29, 0.717) is 6.54 Å². The number of esters is 1. The van der Waals surface area contributed by atoms with E-state index >= 15 is 0 Å². The van der Waals surface area contributed by atoms with Crippen LogP contribution in [-0.2, 0) is 19.1 Å². The van der Waals surface area contributed by atoms with Gasteiger partial charge in [0.2, 0.25) is 5.91 Å². The zero-order valence-electron chi connectivity index (χ0n) is 13.8. The van der Waals surface area contributed by atoms with Crippen molar-refractivity contribution in [2.24, 2.45) is 0 Å². The third-order valence-corrected chi connectivity index (χ3v) is 3.25. The summed E-state index contributed by atoms with van der Waals surface area (Å²) in [5.41, 5.74) is -0.496. The first kappa shape index (κ1) is 18.0. The van der Waals surface area contributed by atoms with Crippen molar-refractivity contribution in [3.8, 4) is 0 Å². The predicted octanol–water partition coefficient (Wildman–Crippen LogP) is 2.53. The Morgan fingerprint density at radius 1 is 1.24 bits per heavy atom. The van der Waals surface area contributed by atoms with E-state index in [-0.39, 0.29) is 30.8 Å². The maximum atomic E-state index is 12.2. The minimum atomic E-state index is -0.496. The van der Waals surface area contributed by atoms with Crippen LogP contribution in [0.25, 0.3) is 0 Å². The molecule has 5 nitrogen and oxygen atoms in total. The number of carbonyl (C=O) groups excluding carboxylic acids is 2. The van der Waals surface area contributed by atoms with Crippen LogP contribution < -0.4 is 0 Å². The Kier molecular flexibility index (Phi) is 7.15. The summed E-state index contributed by atoms with van der Waals surface area (Å²) in [6.45, 7) is 9.70. The average Bonchev–Trinajstić information content (AvgIpc) is 2.41. The molecule has 21 heavy (non-hydrogen) atoms. The Hall–Kier alpha value is -1.10. The van der Waals surface area contributed by atoms with Crippen molar-refractivity contribution in [2.75, 3.05) is 19.7 Å². The lowest BCUT2D eigenvalue weighted by atomic mass is 10.1. The zero-order valence-corrected chi connectivity index (χ0v) is 13.8. The third kappa shape index (κ3) is 7.46. The van der Waals surface area contributed by atoms with Gasteiger partial charge in [0.25, 0.3) is 0 Å². The summed E-state index contributed by atoms with van der Waals surface area (Å²) in [5, 5.41) is 0. The van der Waals surface area contributed by atoms with E-state index in [1.165, 1.54) is 0 Å². The van der Waals surface area contributed by atoms with Gasteiger partial charge in [-0.1, -0.05) is 6.92 Å². The summed E-state index contributed by atoms with van der Waals surface area (Å²) in [6.07, 6.45) is 3.47. The first-order valence-corrected chi connectivity index (χ1v) is 7.93. The first-order chi connectivity index (χ1) is 9.81. The Morgan fingerprint density at radius 3 is 2.57 bits per heavy atom. The molecule has 1 amide bonds. The lowest BCUT2D eigenvalue weighted by molar-refractivity contribution is -0.156. The second kappa shape index (κ2) is 8.37. The van der Waals surface area contributed by atoms with Crippen LogP contribution in [-0.4, -0.2) is 48.2 Å². The molecule has 5 heteroatoms. The van der Waals surface area contributed by atoms with Crippen molar-refractivity contribution in [3.05, 3.63) is 0 Å². The van der Waals surface area contributed by atoms with Crippen LogP contribution in [0.15, 0.2) is 0 Å². The standard InChI is InChI=1S/C16H29NO4/c1-5-11-20-13-7-6-10-17(12-13)14(18)8-9-15(19)21-16(2,3)4/h13H,5-12H2,1-4H3. The SMILES string of the molecule is CCCOC1CCCN(C(=O)CCC(=O)OC(C)(C)C)C1. The number of likely N-dealkylation sites (tertiary alicyclic amines) is 1. The molecule has 1 aliphatic heterocycles. The quantitative estimate of drug-likeness (QED) is 0.707. The molecular formula is C16H29NO4. The number of ether oxygens (including phenoxy) is 2. The number of piperidine rings is 1. The molecule has 1 aliphatic rings. The van der Waals surface area contributed by atoms with E-state index in [0.717, 1.165) is 32.4 Å². The van der Waals surface area contributed by atoms with Crippen molar-refractivity contribution in [1.82, 2.24) is 4.90 Å². The molecule has 0 spiro atoms. The number of carbonyl (C=O) groups is 2. The van der Waals surface area contributed by atoms with E-state index in [1.807, 2.05) is 25.7 Å². The molecular weight excluding hydrogens is 270 g/mol. The lowest BCUT2D eigenvalue weighted by Gasteiger charge is -2.32. The maximum Gasteiger partial charge on any atom is 0.306 e. The zero-order chi connectivity index (χ0) is 15.9. The smallest absolute Gasteiger partial charge is 0.306 e. The van der Waals surface area contributed by atoms with Gasteiger partial charge in [0.05, 0.1) is 12.5 Å². The molecule has 0 aliphatic carbocycles. The Labute approximate surface area is 128 Å². The van der Waals surface area contributed by atoms with Crippen LogP contribution in [0.1, 0.15) is 59.8 Å². The number of hydrogen-bond acceptors (Lipinski definition) is 4. The molecule has 0 bridgehead atoms. The van der Waals surface area contributed by atoms with Crippen molar-refractivity contribution in [1.29, 1.82) is 0 Å². The number of hydrogen-bond donors (Lipinski definition) is 0. The highest BCUT2D eigenvalue weighted by Crippen LogP contribution is 2.16. The summed E-state index contributed by atoms with van der Waals surface area (Å²) in [5.74, 6) is -0.294. The van der Waals surface area contributed by atoms with Gasteiger partial charge in [-0.15, -0.1) is 0 Å². The fourth-order valence-electron chi connectivity index (χ4n) is 2.34. The Balaban J connectivity index is 2.32. The molecule has 1 fully saturated rings. The van der Waals surface area contributed by atoms with E-state index < -0.39 is 5.60 Å². The number of nitrogens with zero attached hydrogens (tertiary/aromatic N) is 1. The second-order valence-electron chi connectivity index (χ2n) is 6.56. The van der Waals surface area contributed by atoms with Gasteiger partial charge in [-0.05, 0) is 40.0 Å². The molecule has 0 aromatic carbocycles. The van der Waals surface area contributed by atoms with Gasteiger partial charge in [-0.3, -0.25) is 9.59 Å². The molecule has 122 valence electrons. The molecule has 0 aromatic heterocycles. The topological polar surface area (TPSA) is 55.8 Å². The van der Waals surface area contributed by atoms with Crippen LogP contribution in [0, 0.1) is 0 Å². The fourth-order valence-corrected chi connectivity index (χ4v) is 2.34. The van der Waals surface area contributed by atoms with Crippen molar-refractivity contribution in [2.45, 2.75) is 71.5 Å². The molecule has 0 N–H and O–H groups in total. The van der Waals surface area contributed by atoms with Crippen LogP contribution in [0.2, 0.25) is 0 Å². The van der Waals surface area contributed by atoms with Crippen molar-refractivity contribution in [3.63, 3.8) is 0 Å². The van der Waals surface area contributed by atoms with Gasteiger partial charge >= 0.3 is 5.97 Å². The summed E-state index contributed by atoms with van der Waals surface area (Å²) in [4.78, 5) is 25.6. The largest absolute Gasteiger partial charge is 0.460 e. The van der Waals surface area contributed by atoms with Crippen LogP contribution in [0.5, 0.6) is 0 Å². The van der Waals surface area contributed by atoms with Gasteiger partial charge in [0.1, 0.15) is 5.60 Å².